The number of benzene rings is 1. The summed E-state index contributed by atoms with van der Waals surface area (Å²) in [5, 5.41) is 20.9. The fraction of sp³-hybridized carbons (Fsp3) is 0.758. The molecule has 0 aromatic heterocycles. The molecule has 1 aromatic rings. The first-order chi connectivity index (χ1) is 39.1. The van der Waals surface area contributed by atoms with Crippen LogP contribution in [0.3, 0.4) is 0 Å². The van der Waals surface area contributed by atoms with Gasteiger partial charge in [0.15, 0.2) is 36.5 Å². The molecule has 1 amide bonds. The average molecular weight is 1230 g/mol. The predicted octanol–water partition coefficient (Wildman–Crippen LogP) is 11.1. The molecule has 20 heteroatoms. The Bertz CT molecular complexity index is 2200. The van der Waals surface area contributed by atoms with Crippen LogP contribution in [0.25, 0.3) is 0 Å². The molecule has 3 N–H and O–H groups in total. The quantitative estimate of drug-likeness (QED) is 0.0789. The molecule has 6 heterocycles. The van der Waals surface area contributed by atoms with Crippen LogP contribution in [0.15, 0.2) is 30.5 Å². The van der Waals surface area contributed by atoms with Crippen LogP contribution in [0.2, 0.25) is 0 Å². The number of Topliss-reactive ketones (excluding diaryl/α,β-unsaturated/α-hetero) is 3. The van der Waals surface area contributed by atoms with Crippen molar-refractivity contribution in [2.24, 2.45) is 76.9 Å². The van der Waals surface area contributed by atoms with E-state index in [9.17, 15) is 47.9 Å². The molecule has 0 radical (unpaired) electrons. The third kappa shape index (κ3) is 27.5. The smallest absolute Gasteiger partial charge is 0.339 e. The molecular weight excluding hydrogens is 1110 g/mol. The maximum Gasteiger partial charge on any atom is 0.339 e. The summed E-state index contributed by atoms with van der Waals surface area (Å²) >= 11 is 0. The first-order valence-corrected chi connectivity index (χ1v) is 29.9. The number of ether oxygens (including phenoxy) is 8. The Hall–Kier alpha value is -5.15. The second-order valence-corrected chi connectivity index (χ2v) is 24.4. The SMILES string of the molecule is C.C.C=C1C[C@H](C(C)C)C(O)O1.CC(=O)O[C@@H]1NC(=O)[C@H]1C(C)C.CC(C)[C@@H]1C(=O)CO[C@H]1CCF.CC(C)[C@H]1CC(=O)O[C@H]1O.CCO[C@@H]1OC(=O)C[C@@H]1C(C)C.CC[C@@H]1OCC(=O)[C@H]1C(C)C.Cc1cccc(C)c1C(=O)OCC(=O)C(C)C. The van der Waals surface area contributed by atoms with E-state index in [1.807, 2.05) is 80.5 Å². The first-order valence-electron chi connectivity index (χ1n) is 29.9. The Morgan fingerprint density at radius 3 is 1.47 bits per heavy atom. The van der Waals surface area contributed by atoms with Crippen molar-refractivity contribution in [2.75, 3.05) is 33.1 Å². The lowest BCUT2D eigenvalue weighted by Crippen LogP contribution is -2.61. The number of rotatable bonds is 16. The fourth-order valence-electron chi connectivity index (χ4n) is 10.1. The van der Waals surface area contributed by atoms with Crippen molar-refractivity contribution in [1.29, 1.82) is 0 Å². The molecule has 0 saturated carbocycles. The number of allylic oxidation sites excluding steroid dienone is 1. The molecule has 6 fully saturated rings. The van der Waals surface area contributed by atoms with Crippen LogP contribution < -0.4 is 5.32 Å². The summed E-state index contributed by atoms with van der Waals surface area (Å²) in [4.78, 5) is 88.8. The molecule has 6 aliphatic rings. The molecule has 0 aliphatic carbocycles. The minimum atomic E-state index is -0.868. The van der Waals surface area contributed by atoms with Crippen molar-refractivity contribution in [3.05, 3.63) is 47.2 Å². The highest BCUT2D eigenvalue weighted by molar-refractivity contribution is 5.94. The van der Waals surface area contributed by atoms with Crippen LogP contribution in [0, 0.1) is 90.8 Å². The van der Waals surface area contributed by atoms with Gasteiger partial charge in [0.1, 0.15) is 13.2 Å². The Morgan fingerprint density at radius 1 is 0.663 bits per heavy atom. The van der Waals surface area contributed by atoms with Gasteiger partial charge in [0.05, 0.1) is 49.0 Å². The molecule has 86 heavy (non-hydrogen) atoms. The van der Waals surface area contributed by atoms with Crippen LogP contribution in [0.1, 0.15) is 186 Å². The molecule has 12 atom stereocenters. The fourth-order valence-corrected chi connectivity index (χ4v) is 10.1. The van der Waals surface area contributed by atoms with Crippen LogP contribution in [-0.2, 0) is 71.5 Å². The summed E-state index contributed by atoms with van der Waals surface area (Å²) in [7, 11) is 0. The summed E-state index contributed by atoms with van der Waals surface area (Å²) in [5.41, 5.74) is 2.29. The number of aliphatic hydroxyl groups is 2. The topological polar surface area (TPSA) is 263 Å². The lowest BCUT2D eigenvalue weighted by atomic mass is 9.87. The van der Waals surface area contributed by atoms with Crippen molar-refractivity contribution < 1.29 is 90.9 Å². The van der Waals surface area contributed by atoms with Crippen LogP contribution in [-0.4, -0.2) is 128 Å². The molecule has 0 bridgehead atoms. The van der Waals surface area contributed by atoms with E-state index in [0.29, 0.717) is 67.5 Å². The maximum absolute atomic E-state index is 12.0. The number of amides is 1. The number of hydrogen-bond acceptors (Lipinski definition) is 18. The summed E-state index contributed by atoms with van der Waals surface area (Å²) in [5.74, 6) is 2.20. The van der Waals surface area contributed by atoms with E-state index in [1.165, 1.54) is 6.92 Å². The minimum Gasteiger partial charge on any atom is -0.470 e. The summed E-state index contributed by atoms with van der Waals surface area (Å²) in [6.07, 6.45) is 0.783. The summed E-state index contributed by atoms with van der Waals surface area (Å²) < 4.78 is 52.3. The second kappa shape index (κ2) is 41.1. The van der Waals surface area contributed by atoms with Gasteiger partial charge in [0, 0.05) is 61.9 Å². The van der Waals surface area contributed by atoms with Crippen molar-refractivity contribution >= 4 is 47.1 Å². The molecule has 496 valence electrons. The van der Waals surface area contributed by atoms with Crippen molar-refractivity contribution in [1.82, 2.24) is 5.32 Å². The molecule has 6 aliphatic heterocycles. The van der Waals surface area contributed by atoms with Gasteiger partial charge in [-0.15, -0.1) is 0 Å². The molecule has 7 rings (SSSR count). The number of cyclic esters (lactones) is 2. The van der Waals surface area contributed by atoms with Crippen molar-refractivity contribution in [2.45, 2.75) is 216 Å². The van der Waals surface area contributed by atoms with Gasteiger partial charge in [-0.05, 0) is 73.8 Å². The van der Waals surface area contributed by atoms with Gasteiger partial charge in [-0.2, -0.15) is 0 Å². The standard InChI is InChI=1S/C14H18O3.C9H15FO2.C9H16O3.C9H16O2.C8H13NO3.C8H14O2.C7H12O3.2CH4/c1-9(2)12(15)8-17-14(16)13-10(3)6-5-7-11(13)4;1-6(2)9-7(11)5-12-8(9)3-4-10;1-4-11-9-7(6(2)3)5-8(10)12-9;1-4-8-9(6(2)3)7(10)5-11-8;1-4(2)6-7(11)9-8(6)12-5(3)10;1-5(2)7-4-6(3)10-8(7)9;1-4(2)5-3-6(8)10-7(5)9;;/h5-7,9H,8H2,1-4H3;6,8-9H,3-5H2,1-2H3;6-7,9H,4-5H2,1-3H3;6,8-9H,4-5H2,1-3H3;4,6,8H,1-3H3,(H,9,11);5,7-9H,3-4H2,1-2H3;4-5,7,9H,3H2,1-2H3;2*1H4/t;8-,9+;7-,9-;8-,9+;6-,8+;7-,8?;5-,7-;;/m.010111../s1. The van der Waals surface area contributed by atoms with Gasteiger partial charge in [-0.25, -0.2) is 4.79 Å². The number of hydrogen-bond donors (Lipinski definition) is 3. The molecule has 1 unspecified atom stereocenters. The number of β-lactam (4-membered cyclic amide) rings is 1. The van der Waals surface area contributed by atoms with Gasteiger partial charge in [0.2, 0.25) is 18.5 Å². The van der Waals surface area contributed by atoms with Crippen LogP contribution in [0.4, 0.5) is 4.39 Å². The number of nitrogens with one attached hydrogen (secondary N) is 1. The number of aryl methyl sites for hydroxylation is 2. The Morgan fingerprint density at radius 2 is 1.12 bits per heavy atom. The molecule has 1 aromatic carbocycles. The molecule has 6 saturated heterocycles. The third-order valence-corrected chi connectivity index (χ3v) is 15.3. The monoisotopic (exact) mass is 1230 g/mol. The van der Waals surface area contributed by atoms with E-state index in [4.69, 9.17) is 38.3 Å². The highest BCUT2D eigenvalue weighted by atomic mass is 19.1. The number of ketones is 3. The molecule has 19 nitrogen and oxygen atoms in total. The minimum absolute atomic E-state index is 0. The van der Waals surface area contributed by atoms with Crippen LogP contribution >= 0.6 is 0 Å². The lowest BCUT2D eigenvalue weighted by molar-refractivity contribution is -0.170. The number of esters is 4. The van der Waals surface area contributed by atoms with E-state index in [0.717, 1.165) is 24.0 Å². The zero-order valence-corrected chi connectivity index (χ0v) is 53.8. The van der Waals surface area contributed by atoms with E-state index < -0.39 is 31.5 Å². The van der Waals surface area contributed by atoms with E-state index in [-0.39, 0.29) is 141 Å². The van der Waals surface area contributed by atoms with Crippen LogP contribution in [0.5, 0.6) is 0 Å². The largest absolute Gasteiger partial charge is 0.470 e. The number of alkyl halides is 1. The van der Waals surface area contributed by atoms with E-state index >= 15 is 0 Å². The van der Waals surface area contributed by atoms with Gasteiger partial charge < -0.3 is 53.4 Å². The summed E-state index contributed by atoms with van der Waals surface area (Å²) in [6, 6.07) is 5.60. The Kier molecular flexibility index (Phi) is 39.7. The Balaban J connectivity index is 0. The highest BCUT2D eigenvalue weighted by Gasteiger charge is 2.44. The van der Waals surface area contributed by atoms with Gasteiger partial charge >= 0.3 is 23.9 Å². The number of aliphatic hydroxyl groups excluding tert-OH is 2. The van der Waals surface area contributed by atoms with Crippen molar-refractivity contribution in [3.8, 4) is 0 Å². The normalized spacial score (nSPS) is 26.0. The van der Waals surface area contributed by atoms with Gasteiger partial charge in [0.25, 0.3) is 0 Å². The van der Waals surface area contributed by atoms with Crippen molar-refractivity contribution in [3.63, 3.8) is 0 Å². The first kappa shape index (κ1) is 82.9. The van der Waals surface area contributed by atoms with E-state index in [1.54, 1.807) is 13.8 Å². The summed E-state index contributed by atoms with van der Waals surface area (Å²) in [6.45, 7) is 41.0. The average Bonchev–Trinajstić information content (AvgIpc) is 2.68. The number of carbonyl (C=O) groups excluding carboxylic acids is 8. The zero-order valence-electron chi connectivity index (χ0n) is 53.8. The number of halogens is 1. The van der Waals surface area contributed by atoms with Gasteiger partial charge in [-0.1, -0.05) is 143 Å². The highest BCUT2D eigenvalue weighted by Crippen LogP contribution is 2.33. The second-order valence-electron chi connectivity index (χ2n) is 24.4. The predicted molar refractivity (Wildman–Crippen MR) is 327 cm³/mol. The lowest BCUT2D eigenvalue weighted by Gasteiger charge is -2.37. The Labute approximate surface area is 514 Å². The molecular formula is C66H112FNO18. The maximum atomic E-state index is 12.0. The zero-order chi connectivity index (χ0) is 64.5. The molecule has 0 spiro atoms. The number of carbonyl (C=O) groups is 8. The van der Waals surface area contributed by atoms with E-state index in [2.05, 4.69) is 65.1 Å². The van der Waals surface area contributed by atoms with Gasteiger partial charge in [-0.3, -0.25) is 38.0 Å². The third-order valence-electron chi connectivity index (χ3n) is 15.3.